The van der Waals surface area contributed by atoms with Crippen LogP contribution in [0.5, 0.6) is 0 Å². The molecule has 1 aliphatic heterocycles. The average Bonchev–Trinajstić information content (AvgIpc) is 2.39. The van der Waals surface area contributed by atoms with E-state index in [0.717, 1.165) is 38.9 Å². The van der Waals surface area contributed by atoms with E-state index in [0.29, 0.717) is 12.6 Å². The van der Waals surface area contributed by atoms with Crippen LogP contribution in [0.4, 0.5) is 4.79 Å². The lowest BCUT2D eigenvalue weighted by Gasteiger charge is -2.32. The van der Waals surface area contributed by atoms with Gasteiger partial charge in [0.25, 0.3) is 0 Å². The summed E-state index contributed by atoms with van der Waals surface area (Å²) in [6.07, 6.45) is 2.55. The largest absolute Gasteiger partial charge is 0.450 e. The quantitative estimate of drug-likeness (QED) is 0.828. The average molecular weight is 267 g/mol. The highest BCUT2D eigenvalue weighted by atomic mass is 16.6. The van der Waals surface area contributed by atoms with Gasteiger partial charge in [-0.2, -0.15) is 5.26 Å². The molecule has 1 heterocycles. The van der Waals surface area contributed by atoms with Crippen LogP contribution >= 0.6 is 0 Å². The summed E-state index contributed by atoms with van der Waals surface area (Å²) in [5.41, 5.74) is -0.265. The smallest absolute Gasteiger partial charge is 0.409 e. The third kappa shape index (κ3) is 5.48. The first-order valence-corrected chi connectivity index (χ1v) is 7.05. The van der Waals surface area contributed by atoms with E-state index in [1.807, 2.05) is 20.8 Å². The predicted octanol–water partition coefficient (Wildman–Crippen LogP) is 2.14. The lowest BCUT2D eigenvalue weighted by atomic mass is 9.91. The fourth-order valence-electron chi connectivity index (χ4n) is 2.13. The Labute approximate surface area is 115 Å². The fourth-order valence-corrected chi connectivity index (χ4v) is 2.13. The number of nitriles is 1. The number of carbonyl (C=O) groups is 1. The summed E-state index contributed by atoms with van der Waals surface area (Å²) in [7, 11) is 0. The molecule has 0 radical (unpaired) electrons. The maximum atomic E-state index is 11.5. The zero-order valence-corrected chi connectivity index (χ0v) is 12.2. The normalized spacial score (nSPS) is 17.1. The number of nitrogens with one attached hydrogen (secondary N) is 1. The molecule has 0 spiro atoms. The molecule has 0 unspecified atom stereocenters. The number of piperidine rings is 1. The highest BCUT2D eigenvalue weighted by molar-refractivity contribution is 5.67. The Morgan fingerprint density at radius 1 is 1.47 bits per heavy atom. The van der Waals surface area contributed by atoms with Crippen LogP contribution in [0.25, 0.3) is 0 Å². The van der Waals surface area contributed by atoms with Crippen molar-refractivity contribution >= 4 is 6.09 Å². The van der Waals surface area contributed by atoms with Gasteiger partial charge in [0.15, 0.2) is 0 Å². The molecule has 0 bridgehead atoms. The van der Waals surface area contributed by atoms with Crippen LogP contribution in [-0.4, -0.2) is 43.3 Å². The lowest BCUT2D eigenvalue weighted by molar-refractivity contribution is 0.0950. The Kier molecular flexibility index (Phi) is 6.10. The highest BCUT2D eigenvalue weighted by Gasteiger charge is 2.24. The number of rotatable bonds is 5. The summed E-state index contributed by atoms with van der Waals surface area (Å²) in [6, 6.07) is 2.75. The van der Waals surface area contributed by atoms with Gasteiger partial charge in [-0.1, -0.05) is 0 Å². The summed E-state index contributed by atoms with van der Waals surface area (Å²) < 4.78 is 4.99. The van der Waals surface area contributed by atoms with Crippen molar-refractivity contribution in [1.29, 1.82) is 5.26 Å². The molecule has 1 aliphatic rings. The summed E-state index contributed by atoms with van der Waals surface area (Å²) in [5, 5.41) is 12.4. The van der Waals surface area contributed by atoms with E-state index in [1.165, 1.54) is 0 Å². The van der Waals surface area contributed by atoms with Crippen LogP contribution in [0.2, 0.25) is 0 Å². The second kappa shape index (κ2) is 7.34. The van der Waals surface area contributed by atoms with Crippen molar-refractivity contribution in [3.63, 3.8) is 0 Å². The molecular weight excluding hydrogens is 242 g/mol. The molecule has 0 saturated carbocycles. The van der Waals surface area contributed by atoms with Gasteiger partial charge in [0.05, 0.1) is 18.1 Å². The SMILES string of the molecule is CCOC(=O)N1CCC(NCCC(C)(C)C#N)CC1. The van der Waals surface area contributed by atoms with Crippen LogP contribution < -0.4 is 5.32 Å². The fraction of sp³-hybridized carbons (Fsp3) is 0.857. The Hall–Kier alpha value is -1.28. The maximum Gasteiger partial charge on any atom is 0.409 e. The molecule has 19 heavy (non-hydrogen) atoms. The molecule has 1 fully saturated rings. The molecule has 0 aliphatic carbocycles. The van der Waals surface area contributed by atoms with Gasteiger partial charge >= 0.3 is 6.09 Å². The van der Waals surface area contributed by atoms with Crippen molar-refractivity contribution in [2.75, 3.05) is 26.2 Å². The van der Waals surface area contributed by atoms with E-state index in [4.69, 9.17) is 10.00 Å². The van der Waals surface area contributed by atoms with Gasteiger partial charge in [0, 0.05) is 19.1 Å². The van der Waals surface area contributed by atoms with E-state index in [1.54, 1.807) is 4.90 Å². The third-order valence-electron chi connectivity index (χ3n) is 3.51. The second-order valence-electron chi connectivity index (χ2n) is 5.66. The predicted molar refractivity (Wildman–Crippen MR) is 73.6 cm³/mol. The van der Waals surface area contributed by atoms with Crippen molar-refractivity contribution in [3.8, 4) is 6.07 Å². The Balaban J connectivity index is 2.20. The number of ether oxygens (including phenoxy) is 1. The molecule has 1 saturated heterocycles. The van der Waals surface area contributed by atoms with Gasteiger partial charge in [0.1, 0.15) is 0 Å². The molecule has 1 rings (SSSR count). The molecule has 0 aromatic rings. The van der Waals surface area contributed by atoms with Crippen molar-refractivity contribution in [3.05, 3.63) is 0 Å². The minimum atomic E-state index is -0.265. The molecule has 108 valence electrons. The van der Waals surface area contributed by atoms with E-state index in [-0.39, 0.29) is 11.5 Å². The first-order chi connectivity index (χ1) is 8.98. The van der Waals surface area contributed by atoms with Crippen LogP contribution in [0.1, 0.15) is 40.0 Å². The number of hydrogen-bond donors (Lipinski definition) is 1. The lowest BCUT2D eigenvalue weighted by Crippen LogP contribution is -2.45. The van der Waals surface area contributed by atoms with Gasteiger partial charge in [0.2, 0.25) is 0 Å². The van der Waals surface area contributed by atoms with Gasteiger partial charge in [-0.05, 0) is 46.6 Å². The third-order valence-corrected chi connectivity index (χ3v) is 3.51. The van der Waals surface area contributed by atoms with Crippen molar-refractivity contribution in [1.82, 2.24) is 10.2 Å². The highest BCUT2D eigenvalue weighted by Crippen LogP contribution is 2.18. The summed E-state index contributed by atoms with van der Waals surface area (Å²) in [6.45, 7) is 8.51. The van der Waals surface area contributed by atoms with Crippen LogP contribution in [0, 0.1) is 16.7 Å². The van der Waals surface area contributed by atoms with Gasteiger partial charge < -0.3 is 15.0 Å². The Bertz CT molecular complexity index is 328. The van der Waals surface area contributed by atoms with E-state index >= 15 is 0 Å². The molecule has 0 aromatic carbocycles. The van der Waals surface area contributed by atoms with Gasteiger partial charge in [-0.3, -0.25) is 0 Å². The number of hydrogen-bond acceptors (Lipinski definition) is 4. The first-order valence-electron chi connectivity index (χ1n) is 7.05. The zero-order valence-electron chi connectivity index (χ0n) is 12.2. The van der Waals surface area contributed by atoms with E-state index in [9.17, 15) is 4.79 Å². The topological polar surface area (TPSA) is 65.4 Å². The molecule has 5 heteroatoms. The molecule has 1 N–H and O–H groups in total. The zero-order chi connectivity index (χ0) is 14.3. The molecule has 0 aromatic heterocycles. The van der Waals surface area contributed by atoms with Crippen molar-refractivity contribution in [2.45, 2.75) is 46.1 Å². The Morgan fingerprint density at radius 3 is 2.63 bits per heavy atom. The molecule has 1 amide bonds. The Morgan fingerprint density at radius 2 is 2.11 bits per heavy atom. The monoisotopic (exact) mass is 267 g/mol. The number of likely N-dealkylation sites (tertiary alicyclic amines) is 1. The number of amides is 1. The van der Waals surface area contributed by atoms with Crippen LogP contribution in [0.3, 0.4) is 0 Å². The van der Waals surface area contributed by atoms with Crippen LogP contribution in [-0.2, 0) is 4.74 Å². The number of carbonyl (C=O) groups excluding carboxylic acids is 1. The van der Waals surface area contributed by atoms with E-state index in [2.05, 4.69) is 11.4 Å². The van der Waals surface area contributed by atoms with Crippen molar-refractivity contribution < 1.29 is 9.53 Å². The second-order valence-corrected chi connectivity index (χ2v) is 5.66. The van der Waals surface area contributed by atoms with Gasteiger partial charge in [-0.25, -0.2) is 4.79 Å². The molecule has 5 nitrogen and oxygen atoms in total. The van der Waals surface area contributed by atoms with Crippen LogP contribution in [0.15, 0.2) is 0 Å². The summed E-state index contributed by atoms with van der Waals surface area (Å²) in [5.74, 6) is 0. The summed E-state index contributed by atoms with van der Waals surface area (Å²) in [4.78, 5) is 13.3. The molecule has 0 atom stereocenters. The van der Waals surface area contributed by atoms with Crippen molar-refractivity contribution in [2.24, 2.45) is 5.41 Å². The first kappa shape index (κ1) is 15.8. The summed E-state index contributed by atoms with van der Waals surface area (Å²) >= 11 is 0. The minimum absolute atomic E-state index is 0.202. The standard InChI is InChI=1S/C14H25N3O2/c1-4-19-13(18)17-9-5-12(6-10-17)16-8-7-14(2,3)11-15/h12,16H,4-10H2,1-3H3. The minimum Gasteiger partial charge on any atom is -0.450 e. The molecular formula is C14H25N3O2. The number of nitrogens with zero attached hydrogens (tertiary/aromatic N) is 2. The van der Waals surface area contributed by atoms with Gasteiger partial charge in [-0.15, -0.1) is 0 Å². The maximum absolute atomic E-state index is 11.5. The van der Waals surface area contributed by atoms with E-state index < -0.39 is 0 Å².